The summed E-state index contributed by atoms with van der Waals surface area (Å²) in [5, 5.41) is 0. The molecule has 2 aliphatic rings. The average molecular weight is 283 g/mol. The minimum atomic E-state index is 0.803. The highest BCUT2D eigenvalue weighted by Gasteiger charge is 2.39. The molecule has 2 fully saturated rings. The molecule has 0 spiro atoms. The minimum Gasteiger partial charge on any atom is -0.340 e. The molecule has 1 aromatic heterocycles. The van der Waals surface area contributed by atoms with Crippen LogP contribution in [0.5, 0.6) is 0 Å². The van der Waals surface area contributed by atoms with E-state index in [0.29, 0.717) is 0 Å². The molecule has 3 rings (SSSR count). The Kier molecular flexibility index (Phi) is 2.59. The maximum Gasteiger partial charge on any atom is 0.225 e. The van der Waals surface area contributed by atoms with Gasteiger partial charge in [0.15, 0.2) is 0 Å². The van der Waals surface area contributed by atoms with Crippen molar-refractivity contribution in [3.8, 4) is 0 Å². The molecule has 0 N–H and O–H groups in total. The van der Waals surface area contributed by atoms with Crippen molar-refractivity contribution in [1.82, 2.24) is 14.9 Å². The summed E-state index contributed by atoms with van der Waals surface area (Å²) in [5.74, 6) is 2.48. The molecular weight excluding hydrogens is 268 g/mol. The molecule has 5 heteroatoms. The van der Waals surface area contributed by atoms with Gasteiger partial charge in [0.1, 0.15) is 0 Å². The first kappa shape index (κ1) is 10.5. The van der Waals surface area contributed by atoms with Crippen molar-refractivity contribution in [3.05, 3.63) is 16.9 Å². The highest BCUT2D eigenvalue weighted by molar-refractivity contribution is 9.10. The monoisotopic (exact) mass is 282 g/mol. The van der Waals surface area contributed by atoms with Gasteiger partial charge in [0.25, 0.3) is 0 Å². The van der Waals surface area contributed by atoms with E-state index in [1.807, 2.05) is 12.4 Å². The lowest BCUT2D eigenvalue weighted by atomic mass is 10.0. The van der Waals surface area contributed by atoms with Crippen LogP contribution >= 0.6 is 15.9 Å². The summed E-state index contributed by atoms with van der Waals surface area (Å²) in [4.78, 5) is 13.5. The number of aromatic nitrogens is 2. The van der Waals surface area contributed by atoms with Gasteiger partial charge in [-0.3, -0.25) is 0 Å². The molecule has 0 amide bonds. The third-order valence-electron chi connectivity index (χ3n) is 3.56. The quantitative estimate of drug-likeness (QED) is 0.776. The highest BCUT2D eigenvalue weighted by Crippen LogP contribution is 2.31. The molecule has 2 saturated heterocycles. The zero-order valence-electron chi connectivity index (χ0n) is 9.30. The van der Waals surface area contributed by atoms with Crippen molar-refractivity contribution >= 4 is 21.9 Å². The summed E-state index contributed by atoms with van der Waals surface area (Å²) in [5.41, 5.74) is 0. The Labute approximate surface area is 104 Å². The van der Waals surface area contributed by atoms with Gasteiger partial charge in [0.2, 0.25) is 5.95 Å². The molecule has 86 valence electrons. The predicted molar refractivity (Wildman–Crippen MR) is 66.4 cm³/mol. The van der Waals surface area contributed by atoms with Crippen molar-refractivity contribution in [3.63, 3.8) is 0 Å². The lowest BCUT2D eigenvalue weighted by Crippen LogP contribution is -2.27. The van der Waals surface area contributed by atoms with Crippen molar-refractivity contribution in [2.45, 2.75) is 0 Å². The Morgan fingerprint density at radius 3 is 2.25 bits per heavy atom. The topological polar surface area (TPSA) is 32.3 Å². The molecule has 0 aliphatic carbocycles. The van der Waals surface area contributed by atoms with E-state index in [4.69, 9.17) is 0 Å². The Morgan fingerprint density at radius 2 is 1.69 bits per heavy atom. The van der Waals surface area contributed by atoms with Crippen LogP contribution in [0.1, 0.15) is 0 Å². The lowest BCUT2D eigenvalue weighted by molar-refractivity contribution is 0.386. The highest BCUT2D eigenvalue weighted by atomic mass is 79.9. The van der Waals surface area contributed by atoms with E-state index in [0.717, 1.165) is 35.3 Å². The molecule has 0 bridgehead atoms. The van der Waals surface area contributed by atoms with Crippen molar-refractivity contribution in [1.29, 1.82) is 0 Å². The van der Waals surface area contributed by atoms with E-state index in [1.165, 1.54) is 13.1 Å². The maximum atomic E-state index is 4.36. The van der Waals surface area contributed by atoms with Gasteiger partial charge in [-0.05, 0) is 34.8 Å². The van der Waals surface area contributed by atoms with Gasteiger partial charge in [0, 0.05) is 38.6 Å². The number of nitrogens with zero attached hydrogens (tertiary/aromatic N) is 4. The van der Waals surface area contributed by atoms with Gasteiger partial charge in [-0.2, -0.15) is 0 Å². The van der Waals surface area contributed by atoms with E-state index in [9.17, 15) is 0 Å². The SMILES string of the molecule is CN1CC2CN(c3ncc(Br)cn3)CC2C1. The second-order valence-electron chi connectivity index (χ2n) is 4.85. The molecule has 0 radical (unpaired) electrons. The average Bonchev–Trinajstić information content (AvgIpc) is 2.75. The molecule has 0 saturated carbocycles. The fraction of sp³-hybridized carbons (Fsp3) is 0.636. The summed E-state index contributed by atoms with van der Waals surface area (Å²) in [7, 11) is 2.21. The number of halogens is 1. The second kappa shape index (κ2) is 3.96. The minimum absolute atomic E-state index is 0.803. The Balaban J connectivity index is 1.73. The molecule has 2 aliphatic heterocycles. The Hall–Kier alpha value is -0.680. The van der Waals surface area contributed by atoms with Gasteiger partial charge in [-0.15, -0.1) is 0 Å². The Morgan fingerprint density at radius 1 is 1.12 bits per heavy atom. The van der Waals surface area contributed by atoms with Gasteiger partial charge < -0.3 is 9.80 Å². The number of hydrogen-bond acceptors (Lipinski definition) is 4. The molecule has 1 aromatic rings. The number of hydrogen-bond donors (Lipinski definition) is 0. The smallest absolute Gasteiger partial charge is 0.225 e. The predicted octanol–water partition coefficient (Wildman–Crippen LogP) is 1.24. The Bertz CT molecular complexity index is 366. The third-order valence-corrected chi connectivity index (χ3v) is 3.97. The fourth-order valence-electron chi connectivity index (χ4n) is 2.86. The van der Waals surface area contributed by atoms with Crippen molar-refractivity contribution in [2.24, 2.45) is 11.8 Å². The molecular formula is C11H15BrN4. The van der Waals surface area contributed by atoms with E-state index in [1.54, 1.807) is 0 Å². The van der Waals surface area contributed by atoms with E-state index in [2.05, 4.69) is 42.7 Å². The number of rotatable bonds is 1. The summed E-state index contributed by atoms with van der Waals surface area (Å²) in [6, 6.07) is 0. The van der Waals surface area contributed by atoms with Crippen LogP contribution in [0.25, 0.3) is 0 Å². The van der Waals surface area contributed by atoms with Crippen LogP contribution in [0.2, 0.25) is 0 Å². The van der Waals surface area contributed by atoms with Gasteiger partial charge in [-0.25, -0.2) is 9.97 Å². The second-order valence-corrected chi connectivity index (χ2v) is 5.76. The van der Waals surface area contributed by atoms with Crippen molar-refractivity contribution in [2.75, 3.05) is 38.1 Å². The van der Waals surface area contributed by atoms with Gasteiger partial charge >= 0.3 is 0 Å². The van der Waals surface area contributed by atoms with Crippen LogP contribution in [-0.4, -0.2) is 48.1 Å². The molecule has 16 heavy (non-hydrogen) atoms. The fourth-order valence-corrected chi connectivity index (χ4v) is 3.06. The molecule has 2 atom stereocenters. The van der Waals surface area contributed by atoms with Crippen LogP contribution in [-0.2, 0) is 0 Å². The standard InChI is InChI=1S/C11H15BrN4/c1-15-4-8-6-16(7-9(8)5-15)11-13-2-10(12)3-14-11/h2-3,8-9H,4-7H2,1H3. The zero-order chi connectivity index (χ0) is 11.1. The van der Waals surface area contributed by atoms with E-state index >= 15 is 0 Å². The summed E-state index contributed by atoms with van der Waals surface area (Å²) in [6.45, 7) is 4.66. The summed E-state index contributed by atoms with van der Waals surface area (Å²) < 4.78 is 0.940. The first-order valence-electron chi connectivity index (χ1n) is 5.63. The van der Waals surface area contributed by atoms with Crippen LogP contribution in [0, 0.1) is 11.8 Å². The van der Waals surface area contributed by atoms with Crippen LogP contribution in [0.3, 0.4) is 0 Å². The summed E-state index contributed by atoms with van der Waals surface area (Å²) in [6.07, 6.45) is 3.64. The van der Waals surface area contributed by atoms with E-state index in [-0.39, 0.29) is 0 Å². The lowest BCUT2D eigenvalue weighted by Gasteiger charge is -2.18. The zero-order valence-corrected chi connectivity index (χ0v) is 10.9. The summed E-state index contributed by atoms with van der Waals surface area (Å²) >= 11 is 3.36. The van der Waals surface area contributed by atoms with Crippen molar-refractivity contribution < 1.29 is 0 Å². The van der Waals surface area contributed by atoms with Crippen LogP contribution < -0.4 is 4.90 Å². The molecule has 0 aromatic carbocycles. The molecule has 2 unspecified atom stereocenters. The normalized spacial score (nSPS) is 29.8. The number of likely N-dealkylation sites (tertiary alicyclic amines) is 1. The van der Waals surface area contributed by atoms with E-state index < -0.39 is 0 Å². The largest absolute Gasteiger partial charge is 0.340 e. The van der Waals surface area contributed by atoms with Crippen LogP contribution in [0.4, 0.5) is 5.95 Å². The molecule has 4 nitrogen and oxygen atoms in total. The maximum absolute atomic E-state index is 4.36. The molecule has 3 heterocycles. The number of anilines is 1. The number of fused-ring (bicyclic) bond motifs is 1. The van der Waals surface area contributed by atoms with Gasteiger partial charge in [-0.1, -0.05) is 0 Å². The van der Waals surface area contributed by atoms with Crippen LogP contribution in [0.15, 0.2) is 16.9 Å². The van der Waals surface area contributed by atoms with Gasteiger partial charge in [0.05, 0.1) is 4.47 Å². The first-order chi connectivity index (χ1) is 7.72. The first-order valence-corrected chi connectivity index (χ1v) is 6.43. The third kappa shape index (κ3) is 1.82.